The van der Waals surface area contributed by atoms with Crippen LogP contribution in [0.5, 0.6) is 0 Å². The van der Waals surface area contributed by atoms with Crippen LogP contribution in [-0.2, 0) is 9.84 Å². The normalized spacial score (nSPS) is 12.5. The summed E-state index contributed by atoms with van der Waals surface area (Å²) in [6.45, 7) is 4.10. The lowest BCUT2D eigenvalue weighted by Crippen LogP contribution is -2.04. The molecule has 3 heterocycles. The van der Waals surface area contributed by atoms with Crippen LogP contribution in [0.2, 0.25) is 5.15 Å². The number of rotatable bonds is 3. The van der Waals surface area contributed by atoms with Gasteiger partial charge in [-0.15, -0.1) is 16.4 Å². The lowest BCUT2D eigenvalue weighted by atomic mass is 10.0. The minimum Gasteiger partial charge on any atom is -0.217 e. The molecule has 4 rings (SSSR count). The van der Waals surface area contributed by atoms with E-state index in [-0.39, 0.29) is 20.7 Å². The second kappa shape index (κ2) is 5.76. The predicted octanol–water partition coefficient (Wildman–Crippen LogP) is 3.95. The third-order valence-corrected chi connectivity index (χ3v) is 6.95. The highest BCUT2D eigenvalue weighted by Gasteiger charge is 2.27. The zero-order valence-corrected chi connectivity index (χ0v) is 15.7. The molecule has 0 saturated carbocycles. The monoisotopic (exact) mass is 392 g/mol. The average molecular weight is 393 g/mol. The van der Waals surface area contributed by atoms with Crippen LogP contribution in [0.15, 0.2) is 45.6 Å². The Morgan fingerprint density at radius 2 is 1.88 bits per heavy atom. The Hall–Kier alpha value is -2.03. The largest absolute Gasteiger partial charge is 0.229 e. The Bertz CT molecular complexity index is 1190. The van der Waals surface area contributed by atoms with Gasteiger partial charge in [0.2, 0.25) is 14.9 Å². The predicted molar refractivity (Wildman–Crippen MR) is 97.2 cm³/mol. The van der Waals surface area contributed by atoms with E-state index in [0.717, 1.165) is 10.3 Å². The van der Waals surface area contributed by atoms with Crippen LogP contribution >= 0.6 is 22.9 Å². The van der Waals surface area contributed by atoms with Crippen molar-refractivity contribution in [2.45, 2.75) is 29.7 Å². The summed E-state index contributed by atoms with van der Waals surface area (Å²) < 4.78 is 28.1. The average Bonchev–Trinajstić information content (AvgIpc) is 3.21. The van der Waals surface area contributed by atoms with Crippen molar-refractivity contribution < 1.29 is 8.42 Å². The molecule has 0 aliphatic heterocycles. The molecule has 3 aromatic heterocycles. The molecular weight excluding hydrogens is 380 g/mol. The lowest BCUT2D eigenvalue weighted by Gasteiger charge is -2.06. The van der Waals surface area contributed by atoms with Crippen LogP contribution in [-0.4, -0.2) is 28.2 Å². The van der Waals surface area contributed by atoms with E-state index in [2.05, 4.69) is 15.3 Å². The molecule has 4 aromatic rings. The molecule has 128 valence electrons. The molecule has 0 saturated heterocycles. The minimum absolute atomic E-state index is 0.129. The maximum atomic E-state index is 13.0. The number of hydrogen-bond donors (Lipinski definition) is 0. The molecule has 1 aromatic carbocycles. The van der Waals surface area contributed by atoms with E-state index in [0.29, 0.717) is 11.4 Å². The molecule has 9 heteroatoms. The maximum Gasteiger partial charge on any atom is 0.229 e. The number of sulfone groups is 1. The van der Waals surface area contributed by atoms with E-state index >= 15 is 0 Å². The number of fused-ring (bicyclic) bond motifs is 3. The van der Waals surface area contributed by atoms with Crippen LogP contribution < -0.4 is 0 Å². The Labute approximate surface area is 153 Å². The molecule has 25 heavy (non-hydrogen) atoms. The third-order valence-electron chi connectivity index (χ3n) is 3.99. The van der Waals surface area contributed by atoms with E-state index in [9.17, 15) is 8.42 Å². The summed E-state index contributed by atoms with van der Waals surface area (Å²) in [5, 5.41) is 9.74. The molecule has 0 unspecified atom stereocenters. The molecule has 0 fully saturated rings. The molecule has 0 N–H and O–H groups in total. The van der Waals surface area contributed by atoms with Gasteiger partial charge < -0.3 is 0 Å². The molecule has 0 aliphatic carbocycles. The smallest absolute Gasteiger partial charge is 0.217 e. The van der Waals surface area contributed by atoms with Crippen molar-refractivity contribution in [3.63, 3.8) is 0 Å². The summed E-state index contributed by atoms with van der Waals surface area (Å²) >= 11 is 7.61. The summed E-state index contributed by atoms with van der Waals surface area (Å²) in [5.74, 6) is 0.319. The number of benzene rings is 1. The standard InChI is InChI=1S/C16H13ClN4O2S2/c1-9(2)10-3-5-11(6-4-10)25(22,23)16-15-18-14(17)13-12(7-8-24-13)21(15)20-19-16/h3-9H,1-2H3. The molecule has 0 bridgehead atoms. The van der Waals surface area contributed by atoms with E-state index in [1.165, 1.54) is 15.9 Å². The zero-order chi connectivity index (χ0) is 17.8. The van der Waals surface area contributed by atoms with E-state index < -0.39 is 9.84 Å². The van der Waals surface area contributed by atoms with Gasteiger partial charge in [-0.25, -0.2) is 13.4 Å². The van der Waals surface area contributed by atoms with Gasteiger partial charge in [0, 0.05) is 0 Å². The molecule has 0 amide bonds. The quantitative estimate of drug-likeness (QED) is 0.493. The minimum atomic E-state index is -3.85. The first kappa shape index (κ1) is 16.4. The van der Waals surface area contributed by atoms with Gasteiger partial charge in [-0.1, -0.05) is 42.8 Å². The van der Waals surface area contributed by atoms with Crippen molar-refractivity contribution in [3.05, 3.63) is 46.4 Å². The second-order valence-electron chi connectivity index (χ2n) is 5.89. The molecule has 0 radical (unpaired) electrons. The fraction of sp³-hybridized carbons (Fsp3) is 0.188. The van der Waals surface area contributed by atoms with Crippen molar-refractivity contribution in [2.75, 3.05) is 0 Å². The van der Waals surface area contributed by atoms with Crippen molar-refractivity contribution >= 4 is 48.6 Å². The van der Waals surface area contributed by atoms with E-state index in [1.54, 1.807) is 24.3 Å². The number of aromatic nitrogens is 4. The highest BCUT2D eigenvalue weighted by Crippen LogP contribution is 2.31. The van der Waals surface area contributed by atoms with Crippen LogP contribution in [0, 0.1) is 0 Å². The molecule has 6 nitrogen and oxygen atoms in total. The molecule has 0 atom stereocenters. The SMILES string of the molecule is CC(C)c1ccc(S(=O)(=O)c2nnn3c2nc(Cl)c2sccc23)cc1. The maximum absolute atomic E-state index is 13.0. The van der Waals surface area contributed by atoms with E-state index in [1.807, 2.05) is 25.3 Å². The first-order chi connectivity index (χ1) is 11.9. The summed E-state index contributed by atoms with van der Waals surface area (Å²) in [7, 11) is -3.85. The van der Waals surface area contributed by atoms with Gasteiger partial charge in [0.1, 0.15) is 0 Å². The highest BCUT2D eigenvalue weighted by atomic mass is 35.5. The fourth-order valence-electron chi connectivity index (χ4n) is 2.61. The van der Waals surface area contributed by atoms with Crippen molar-refractivity contribution in [1.82, 2.24) is 19.8 Å². The van der Waals surface area contributed by atoms with Gasteiger partial charge in [-0.2, -0.15) is 4.52 Å². The molecular formula is C16H13ClN4O2S2. The highest BCUT2D eigenvalue weighted by molar-refractivity contribution is 7.91. The summed E-state index contributed by atoms with van der Waals surface area (Å²) in [6.07, 6.45) is 0. The van der Waals surface area contributed by atoms with Gasteiger partial charge in [0.25, 0.3) is 0 Å². The van der Waals surface area contributed by atoms with Gasteiger partial charge in [-0.05, 0) is 35.1 Å². The Kier molecular flexibility index (Phi) is 3.78. The summed E-state index contributed by atoms with van der Waals surface area (Å²) in [6, 6.07) is 8.59. The van der Waals surface area contributed by atoms with Crippen molar-refractivity contribution in [3.8, 4) is 0 Å². The summed E-state index contributed by atoms with van der Waals surface area (Å²) in [4.78, 5) is 4.36. The zero-order valence-electron chi connectivity index (χ0n) is 13.3. The fourth-order valence-corrected chi connectivity index (χ4v) is 4.90. The third kappa shape index (κ3) is 2.52. The van der Waals surface area contributed by atoms with Crippen molar-refractivity contribution in [2.24, 2.45) is 0 Å². The number of nitrogens with zero attached hydrogens (tertiary/aromatic N) is 4. The second-order valence-corrected chi connectivity index (χ2v) is 9.03. The van der Waals surface area contributed by atoms with Crippen LogP contribution in [0.4, 0.5) is 0 Å². The van der Waals surface area contributed by atoms with Crippen LogP contribution in [0.3, 0.4) is 0 Å². The van der Waals surface area contributed by atoms with E-state index in [4.69, 9.17) is 11.6 Å². The summed E-state index contributed by atoms with van der Waals surface area (Å²) in [5.41, 5.74) is 1.88. The van der Waals surface area contributed by atoms with Gasteiger partial charge >= 0.3 is 0 Å². The Balaban J connectivity index is 1.92. The van der Waals surface area contributed by atoms with Crippen LogP contribution in [0.25, 0.3) is 15.9 Å². The number of halogens is 1. The van der Waals surface area contributed by atoms with Crippen LogP contribution in [0.1, 0.15) is 25.3 Å². The Morgan fingerprint density at radius 1 is 1.16 bits per heavy atom. The first-order valence-electron chi connectivity index (χ1n) is 7.53. The van der Waals surface area contributed by atoms with Gasteiger partial charge in [-0.3, -0.25) is 0 Å². The lowest BCUT2D eigenvalue weighted by molar-refractivity contribution is 0.592. The van der Waals surface area contributed by atoms with Crippen molar-refractivity contribution in [1.29, 1.82) is 0 Å². The molecule has 0 aliphatic rings. The molecule has 0 spiro atoms. The van der Waals surface area contributed by atoms with Gasteiger partial charge in [0.05, 0.1) is 15.1 Å². The Morgan fingerprint density at radius 3 is 2.56 bits per heavy atom. The number of thiophene rings is 1. The van der Waals surface area contributed by atoms with Gasteiger partial charge in [0.15, 0.2) is 10.8 Å². The number of hydrogen-bond acceptors (Lipinski definition) is 6. The first-order valence-corrected chi connectivity index (χ1v) is 10.3. The topological polar surface area (TPSA) is 77.2 Å².